The van der Waals surface area contributed by atoms with Crippen molar-refractivity contribution < 1.29 is 44.6 Å². The molecule has 1 aliphatic rings. The summed E-state index contributed by atoms with van der Waals surface area (Å²) in [6.07, 6.45) is -11.2. The molecular formula is C24H25F6NO4S. The molecule has 12 heteroatoms. The van der Waals surface area contributed by atoms with Gasteiger partial charge in [-0.1, -0.05) is 36.4 Å². The molecule has 3 rings (SSSR count). The van der Waals surface area contributed by atoms with Crippen LogP contribution in [0, 0.1) is 5.92 Å². The van der Waals surface area contributed by atoms with E-state index in [0.29, 0.717) is 23.3 Å². The van der Waals surface area contributed by atoms with E-state index in [-0.39, 0.29) is 18.0 Å². The molecule has 1 amide bonds. The summed E-state index contributed by atoms with van der Waals surface area (Å²) in [4.78, 5) is 12.5. The highest BCUT2D eigenvalue weighted by molar-refractivity contribution is 7.79. The number of halogens is 6. The lowest BCUT2D eigenvalue weighted by Gasteiger charge is -2.38. The molecular weight excluding hydrogens is 512 g/mol. The van der Waals surface area contributed by atoms with Crippen molar-refractivity contribution in [1.29, 1.82) is 0 Å². The number of rotatable bonds is 9. The molecule has 5 nitrogen and oxygen atoms in total. The fraction of sp³-hybridized carbons (Fsp3) is 0.458. The summed E-state index contributed by atoms with van der Waals surface area (Å²) < 4.78 is 108. The Balaban J connectivity index is 1.74. The lowest BCUT2D eigenvalue weighted by Crippen LogP contribution is -2.57. The van der Waals surface area contributed by atoms with E-state index in [2.05, 4.69) is 10.1 Å². The molecule has 0 heterocycles. The molecule has 2 unspecified atom stereocenters. The Morgan fingerprint density at radius 3 is 1.94 bits per heavy atom. The van der Waals surface area contributed by atoms with Gasteiger partial charge >= 0.3 is 12.4 Å². The van der Waals surface area contributed by atoms with Crippen LogP contribution in [-0.4, -0.2) is 33.1 Å². The standard InChI is InChI=1S/C24H25F6NO4S/c1-14(2)35-22(23(25,26)27,24(28,29)30)19-11-9-18(10-12-19)21(32)31-13-15-3-5-16(6-4-15)20(36(33)34)17-7-8-17/h3-6,9-12,14,17,20H,7-8,13H2,1-2H3,(H,31,32)(H,33,34). The van der Waals surface area contributed by atoms with E-state index in [0.717, 1.165) is 38.8 Å². The van der Waals surface area contributed by atoms with Crippen LogP contribution in [0.4, 0.5) is 26.3 Å². The van der Waals surface area contributed by atoms with Gasteiger partial charge in [-0.05, 0) is 55.9 Å². The zero-order valence-electron chi connectivity index (χ0n) is 19.3. The maximum Gasteiger partial charge on any atom is 0.430 e. The summed E-state index contributed by atoms with van der Waals surface area (Å²) in [5.74, 6) is -0.545. The second-order valence-electron chi connectivity index (χ2n) is 8.88. The van der Waals surface area contributed by atoms with Gasteiger partial charge in [-0.15, -0.1) is 0 Å². The number of alkyl halides is 6. The summed E-state index contributed by atoms with van der Waals surface area (Å²) >= 11 is -2.01. The highest BCUT2D eigenvalue weighted by atomic mass is 32.2. The molecule has 0 aliphatic heterocycles. The molecule has 2 aromatic carbocycles. The highest BCUT2D eigenvalue weighted by Gasteiger charge is 2.73. The molecule has 0 spiro atoms. The molecule has 1 saturated carbocycles. The minimum absolute atomic E-state index is 0.0304. The summed E-state index contributed by atoms with van der Waals surface area (Å²) in [5.41, 5.74) is -4.51. The Morgan fingerprint density at radius 2 is 1.53 bits per heavy atom. The van der Waals surface area contributed by atoms with E-state index < -0.39 is 51.9 Å². The number of carbonyl (C=O) groups is 1. The quantitative estimate of drug-likeness (QED) is 0.302. The number of benzene rings is 2. The van der Waals surface area contributed by atoms with Crippen molar-refractivity contribution in [2.45, 2.75) is 62.5 Å². The Labute approximate surface area is 206 Å². The lowest BCUT2D eigenvalue weighted by atomic mass is 9.90. The zero-order chi connectivity index (χ0) is 26.9. The van der Waals surface area contributed by atoms with Crippen molar-refractivity contribution in [3.63, 3.8) is 0 Å². The average molecular weight is 538 g/mol. The van der Waals surface area contributed by atoms with Crippen LogP contribution in [0.2, 0.25) is 0 Å². The Kier molecular flexibility index (Phi) is 8.21. The van der Waals surface area contributed by atoms with Crippen LogP contribution in [0.3, 0.4) is 0 Å². The second kappa shape index (κ2) is 10.5. The van der Waals surface area contributed by atoms with Gasteiger partial charge in [0.2, 0.25) is 0 Å². The first-order valence-electron chi connectivity index (χ1n) is 11.1. The number of hydrogen-bond acceptors (Lipinski definition) is 3. The Hall–Kier alpha value is -2.44. The Morgan fingerprint density at radius 1 is 1.00 bits per heavy atom. The van der Waals surface area contributed by atoms with E-state index in [9.17, 15) is 39.9 Å². The Bertz CT molecular complexity index is 1070. The van der Waals surface area contributed by atoms with Crippen molar-refractivity contribution in [3.05, 3.63) is 70.8 Å². The SMILES string of the molecule is CC(C)OC(c1ccc(C(=O)NCc2ccc(C(C3CC3)S(=O)O)cc2)cc1)(C(F)(F)F)C(F)(F)F. The van der Waals surface area contributed by atoms with Crippen molar-refractivity contribution in [2.24, 2.45) is 5.92 Å². The van der Waals surface area contributed by atoms with Gasteiger partial charge in [0.25, 0.3) is 11.5 Å². The summed E-state index contributed by atoms with van der Waals surface area (Å²) in [5, 5.41) is 2.07. The van der Waals surface area contributed by atoms with Crippen molar-refractivity contribution in [3.8, 4) is 0 Å². The molecule has 2 atom stereocenters. The van der Waals surface area contributed by atoms with Gasteiger partial charge in [-0.3, -0.25) is 4.79 Å². The van der Waals surface area contributed by atoms with Crippen molar-refractivity contribution in [2.75, 3.05) is 0 Å². The number of hydrogen-bond donors (Lipinski definition) is 2. The van der Waals surface area contributed by atoms with Crippen LogP contribution in [0.5, 0.6) is 0 Å². The molecule has 1 aliphatic carbocycles. The molecule has 2 aromatic rings. The number of carbonyl (C=O) groups excluding carboxylic acids is 1. The van der Waals surface area contributed by atoms with Crippen LogP contribution in [0.1, 0.15) is 59.0 Å². The average Bonchev–Trinajstić information content (AvgIpc) is 3.60. The lowest BCUT2D eigenvalue weighted by molar-refractivity contribution is -0.396. The monoisotopic (exact) mass is 537 g/mol. The molecule has 0 aromatic heterocycles. The van der Waals surface area contributed by atoms with Gasteiger partial charge in [-0.2, -0.15) is 26.3 Å². The molecule has 2 N–H and O–H groups in total. The van der Waals surface area contributed by atoms with Gasteiger partial charge in [0.1, 0.15) is 0 Å². The number of ether oxygens (including phenoxy) is 1. The maximum atomic E-state index is 13.7. The fourth-order valence-corrected chi connectivity index (χ4v) is 4.95. The molecule has 36 heavy (non-hydrogen) atoms. The third-order valence-corrected chi connectivity index (χ3v) is 6.88. The number of amides is 1. The third-order valence-electron chi connectivity index (χ3n) is 5.79. The minimum atomic E-state index is -5.80. The molecule has 0 bridgehead atoms. The third kappa shape index (κ3) is 5.92. The largest absolute Gasteiger partial charge is 0.430 e. The fourth-order valence-electron chi connectivity index (χ4n) is 3.96. The molecule has 0 saturated heterocycles. The molecule has 1 fully saturated rings. The van der Waals surface area contributed by atoms with E-state index >= 15 is 0 Å². The van der Waals surface area contributed by atoms with Crippen LogP contribution in [0.15, 0.2) is 48.5 Å². The predicted octanol–water partition coefficient (Wildman–Crippen LogP) is 6.03. The van der Waals surface area contributed by atoms with Gasteiger partial charge in [0.05, 0.1) is 11.4 Å². The van der Waals surface area contributed by atoms with Crippen LogP contribution in [0.25, 0.3) is 0 Å². The predicted molar refractivity (Wildman–Crippen MR) is 120 cm³/mol. The molecule has 0 radical (unpaired) electrons. The highest BCUT2D eigenvalue weighted by Crippen LogP contribution is 2.53. The van der Waals surface area contributed by atoms with Crippen molar-refractivity contribution >= 4 is 17.0 Å². The van der Waals surface area contributed by atoms with Crippen LogP contribution < -0.4 is 5.32 Å². The van der Waals surface area contributed by atoms with Crippen LogP contribution >= 0.6 is 0 Å². The van der Waals surface area contributed by atoms with E-state index in [1.165, 1.54) is 0 Å². The first kappa shape index (κ1) is 28.1. The smallest absolute Gasteiger partial charge is 0.351 e. The normalized spacial score (nSPS) is 16.6. The van der Waals surface area contributed by atoms with E-state index in [4.69, 9.17) is 0 Å². The summed E-state index contributed by atoms with van der Waals surface area (Å²) in [6, 6.07) is 9.64. The van der Waals surface area contributed by atoms with Crippen LogP contribution in [-0.2, 0) is 28.0 Å². The first-order valence-corrected chi connectivity index (χ1v) is 12.2. The summed E-state index contributed by atoms with van der Waals surface area (Å²) in [6.45, 7) is 2.16. The van der Waals surface area contributed by atoms with Gasteiger partial charge in [0.15, 0.2) is 11.1 Å². The number of nitrogens with one attached hydrogen (secondary N) is 1. The van der Waals surface area contributed by atoms with Gasteiger partial charge < -0.3 is 14.6 Å². The van der Waals surface area contributed by atoms with E-state index in [1.807, 2.05) is 0 Å². The second-order valence-corrected chi connectivity index (χ2v) is 9.94. The summed E-state index contributed by atoms with van der Waals surface area (Å²) in [7, 11) is 0. The van der Waals surface area contributed by atoms with Gasteiger partial charge in [0, 0.05) is 17.7 Å². The molecule has 198 valence electrons. The maximum absolute atomic E-state index is 13.7. The first-order chi connectivity index (χ1) is 16.7. The van der Waals surface area contributed by atoms with Crippen molar-refractivity contribution in [1.82, 2.24) is 5.32 Å². The van der Waals surface area contributed by atoms with Gasteiger partial charge in [-0.25, -0.2) is 4.21 Å². The zero-order valence-corrected chi connectivity index (χ0v) is 20.1. The minimum Gasteiger partial charge on any atom is -0.351 e. The van der Waals surface area contributed by atoms with E-state index in [1.54, 1.807) is 24.3 Å². The topological polar surface area (TPSA) is 75.6 Å².